The highest BCUT2D eigenvalue weighted by Gasteiger charge is 2.19. The molecule has 0 spiro atoms. The average Bonchev–Trinajstić information content (AvgIpc) is 3.64. The monoisotopic (exact) mass is 703 g/mol. The summed E-state index contributed by atoms with van der Waals surface area (Å²) in [6.45, 7) is 0. The number of benzene rings is 8. The van der Waals surface area contributed by atoms with E-state index in [1.807, 2.05) is 54.6 Å². The molecule has 0 saturated heterocycles. The van der Waals surface area contributed by atoms with E-state index in [2.05, 4.69) is 146 Å². The second-order valence-corrected chi connectivity index (χ2v) is 13.6. The number of aromatic nitrogens is 3. The first-order valence-electron chi connectivity index (χ1n) is 18.4. The molecule has 55 heavy (non-hydrogen) atoms. The molecule has 2 heterocycles. The summed E-state index contributed by atoms with van der Waals surface area (Å²) in [5.74, 6) is 1.79. The SMILES string of the molecule is c1ccc(-c2ccc(-c3ccc(-c4nc(-c5ccccc5)nc(-c5cc6oc7ccccc7c6cc5-c5ccc(-c6ccccc6)cc5)n4)cc3)cc2)cc1. The van der Waals surface area contributed by atoms with Crippen molar-refractivity contribution in [1.29, 1.82) is 0 Å². The molecule has 10 aromatic rings. The van der Waals surface area contributed by atoms with Crippen molar-refractivity contribution in [2.75, 3.05) is 0 Å². The highest BCUT2D eigenvalue weighted by Crippen LogP contribution is 2.40. The largest absolute Gasteiger partial charge is 0.456 e. The minimum atomic E-state index is 0.578. The Balaban J connectivity index is 1.10. The van der Waals surface area contributed by atoms with Crippen molar-refractivity contribution in [2.45, 2.75) is 0 Å². The summed E-state index contributed by atoms with van der Waals surface area (Å²) in [6, 6.07) is 69.4. The maximum atomic E-state index is 6.43. The molecule has 4 nitrogen and oxygen atoms in total. The second-order valence-electron chi connectivity index (χ2n) is 13.6. The van der Waals surface area contributed by atoms with Crippen LogP contribution in [0.25, 0.3) is 101 Å². The lowest BCUT2D eigenvalue weighted by atomic mass is 9.94. The molecule has 0 saturated carbocycles. The Bertz CT molecular complexity index is 2920. The van der Waals surface area contributed by atoms with Gasteiger partial charge >= 0.3 is 0 Å². The molecular formula is C51H33N3O. The predicted molar refractivity (Wildman–Crippen MR) is 225 cm³/mol. The first-order chi connectivity index (χ1) is 27.2. The van der Waals surface area contributed by atoms with E-state index in [1.165, 1.54) is 16.7 Å². The van der Waals surface area contributed by atoms with Crippen LogP contribution in [0, 0.1) is 0 Å². The highest BCUT2D eigenvalue weighted by atomic mass is 16.3. The smallest absolute Gasteiger partial charge is 0.164 e. The van der Waals surface area contributed by atoms with E-state index in [9.17, 15) is 0 Å². The summed E-state index contributed by atoms with van der Waals surface area (Å²) in [4.78, 5) is 15.4. The van der Waals surface area contributed by atoms with Gasteiger partial charge in [0.25, 0.3) is 0 Å². The van der Waals surface area contributed by atoms with Gasteiger partial charge in [0.2, 0.25) is 0 Å². The van der Waals surface area contributed by atoms with Crippen molar-refractivity contribution in [1.82, 2.24) is 15.0 Å². The zero-order valence-corrected chi connectivity index (χ0v) is 29.8. The van der Waals surface area contributed by atoms with E-state index >= 15 is 0 Å². The molecule has 258 valence electrons. The van der Waals surface area contributed by atoms with E-state index in [1.54, 1.807) is 0 Å². The van der Waals surface area contributed by atoms with Gasteiger partial charge in [0.1, 0.15) is 11.2 Å². The zero-order chi connectivity index (χ0) is 36.6. The molecule has 0 radical (unpaired) electrons. The number of rotatable bonds is 7. The molecule has 0 atom stereocenters. The van der Waals surface area contributed by atoms with E-state index in [0.717, 1.165) is 66.4 Å². The van der Waals surface area contributed by atoms with Gasteiger partial charge in [-0.2, -0.15) is 0 Å². The Morgan fingerprint density at radius 1 is 0.255 bits per heavy atom. The number of furan rings is 1. The first-order valence-corrected chi connectivity index (χ1v) is 18.4. The van der Waals surface area contributed by atoms with Gasteiger partial charge < -0.3 is 4.42 Å². The van der Waals surface area contributed by atoms with Crippen LogP contribution in [0.15, 0.2) is 205 Å². The molecular weight excluding hydrogens is 671 g/mol. The van der Waals surface area contributed by atoms with Gasteiger partial charge in [-0.1, -0.05) is 182 Å². The number of para-hydroxylation sites is 1. The summed E-state index contributed by atoms with van der Waals surface area (Å²) < 4.78 is 6.43. The van der Waals surface area contributed by atoms with Gasteiger partial charge in [-0.3, -0.25) is 0 Å². The van der Waals surface area contributed by atoms with Crippen molar-refractivity contribution in [2.24, 2.45) is 0 Å². The van der Waals surface area contributed by atoms with Gasteiger partial charge in [-0.05, 0) is 62.7 Å². The molecule has 0 fully saturated rings. The van der Waals surface area contributed by atoms with Crippen molar-refractivity contribution >= 4 is 21.9 Å². The maximum absolute atomic E-state index is 6.43. The van der Waals surface area contributed by atoms with Crippen LogP contribution in [0.4, 0.5) is 0 Å². The number of hydrogen-bond acceptors (Lipinski definition) is 4. The van der Waals surface area contributed by atoms with Crippen LogP contribution in [0.2, 0.25) is 0 Å². The molecule has 0 amide bonds. The van der Waals surface area contributed by atoms with Gasteiger partial charge in [-0.15, -0.1) is 0 Å². The first kappa shape index (κ1) is 32.2. The van der Waals surface area contributed by atoms with E-state index in [4.69, 9.17) is 19.4 Å². The standard InChI is InChI=1S/C51H33N3O/c1-4-12-34(13-5-1)36-20-22-38(23-21-36)39-26-30-42(31-27-39)50-52-49(41-16-8-3-9-17-41)53-51(54-50)46-33-48-45(43-18-10-11-19-47(43)55-48)32-44(46)40-28-24-37(25-29-40)35-14-6-2-7-15-35/h1-33H. The Morgan fingerprint density at radius 3 is 1.16 bits per heavy atom. The molecule has 4 heteroatoms. The third-order valence-electron chi connectivity index (χ3n) is 10.2. The Hall–Kier alpha value is -7.43. The fraction of sp³-hybridized carbons (Fsp3) is 0. The van der Waals surface area contributed by atoms with Crippen LogP contribution in [0.3, 0.4) is 0 Å². The van der Waals surface area contributed by atoms with Crippen molar-refractivity contribution < 1.29 is 4.42 Å². The van der Waals surface area contributed by atoms with Crippen LogP contribution in [-0.4, -0.2) is 15.0 Å². The van der Waals surface area contributed by atoms with Gasteiger partial charge in [0.05, 0.1) is 0 Å². The lowest BCUT2D eigenvalue weighted by Gasteiger charge is -2.13. The normalized spacial score (nSPS) is 11.3. The van der Waals surface area contributed by atoms with Crippen LogP contribution in [0.5, 0.6) is 0 Å². The van der Waals surface area contributed by atoms with Gasteiger partial charge in [-0.25, -0.2) is 15.0 Å². The summed E-state index contributed by atoms with van der Waals surface area (Å²) in [7, 11) is 0. The quantitative estimate of drug-likeness (QED) is 0.166. The molecule has 0 aliphatic rings. The van der Waals surface area contributed by atoms with E-state index in [-0.39, 0.29) is 0 Å². The number of fused-ring (bicyclic) bond motifs is 3. The fourth-order valence-electron chi connectivity index (χ4n) is 7.31. The van der Waals surface area contributed by atoms with Crippen LogP contribution in [-0.2, 0) is 0 Å². The molecule has 2 aromatic heterocycles. The van der Waals surface area contributed by atoms with Crippen molar-refractivity contribution in [3.63, 3.8) is 0 Å². The fourth-order valence-corrected chi connectivity index (χ4v) is 7.31. The molecule has 0 N–H and O–H groups in total. The van der Waals surface area contributed by atoms with Crippen molar-refractivity contribution in [3.05, 3.63) is 200 Å². The van der Waals surface area contributed by atoms with Crippen LogP contribution < -0.4 is 0 Å². The predicted octanol–water partition coefficient (Wildman–Crippen LogP) is 13.4. The molecule has 0 bridgehead atoms. The topological polar surface area (TPSA) is 51.8 Å². The third-order valence-corrected chi connectivity index (χ3v) is 10.2. The van der Waals surface area contributed by atoms with Gasteiger partial charge in [0, 0.05) is 27.5 Å². The third kappa shape index (κ3) is 6.26. The molecule has 0 aliphatic heterocycles. The molecule has 8 aromatic carbocycles. The number of nitrogens with zero attached hydrogens (tertiary/aromatic N) is 3. The maximum Gasteiger partial charge on any atom is 0.164 e. The average molecular weight is 704 g/mol. The molecule has 0 aliphatic carbocycles. The minimum absolute atomic E-state index is 0.578. The van der Waals surface area contributed by atoms with Crippen molar-refractivity contribution in [3.8, 4) is 78.7 Å². The Morgan fingerprint density at radius 2 is 0.636 bits per heavy atom. The second kappa shape index (κ2) is 13.8. The van der Waals surface area contributed by atoms with Crippen LogP contribution in [0.1, 0.15) is 0 Å². The number of hydrogen-bond donors (Lipinski definition) is 0. The van der Waals surface area contributed by atoms with Gasteiger partial charge in [0.15, 0.2) is 17.5 Å². The summed E-state index contributed by atoms with van der Waals surface area (Å²) >= 11 is 0. The minimum Gasteiger partial charge on any atom is -0.456 e. The van der Waals surface area contributed by atoms with E-state index < -0.39 is 0 Å². The Kier molecular flexibility index (Phi) is 8.12. The molecule has 0 unspecified atom stereocenters. The summed E-state index contributed by atoms with van der Waals surface area (Å²) in [5, 5.41) is 2.12. The highest BCUT2D eigenvalue weighted by molar-refractivity contribution is 6.08. The Labute approximate surface area is 319 Å². The van der Waals surface area contributed by atoms with Crippen LogP contribution >= 0.6 is 0 Å². The summed E-state index contributed by atoms with van der Waals surface area (Å²) in [5.41, 5.74) is 13.4. The summed E-state index contributed by atoms with van der Waals surface area (Å²) in [6.07, 6.45) is 0. The lowest BCUT2D eigenvalue weighted by Crippen LogP contribution is -2.01. The lowest BCUT2D eigenvalue weighted by molar-refractivity contribution is 0.669. The van der Waals surface area contributed by atoms with E-state index in [0.29, 0.717) is 17.5 Å². The molecule has 10 rings (SSSR count). The zero-order valence-electron chi connectivity index (χ0n) is 29.8.